The fourth-order valence-electron chi connectivity index (χ4n) is 3.02. The Morgan fingerprint density at radius 3 is 2.57 bits per heavy atom. The lowest BCUT2D eigenvalue weighted by molar-refractivity contribution is 0.112. The summed E-state index contributed by atoms with van der Waals surface area (Å²) in [6.07, 6.45) is 6.99. The first-order valence-electron chi connectivity index (χ1n) is 8.88. The van der Waals surface area contributed by atoms with Crippen LogP contribution < -0.4 is 4.74 Å². The molecule has 1 fully saturated rings. The Morgan fingerprint density at radius 1 is 1.30 bits per heavy atom. The molecule has 0 saturated heterocycles. The van der Waals surface area contributed by atoms with E-state index in [0.717, 1.165) is 48.5 Å². The van der Waals surface area contributed by atoms with Crippen molar-refractivity contribution in [3.8, 4) is 5.88 Å². The van der Waals surface area contributed by atoms with Crippen LogP contribution in [0.3, 0.4) is 0 Å². The van der Waals surface area contributed by atoms with E-state index in [9.17, 15) is 0 Å². The predicted molar refractivity (Wildman–Crippen MR) is 96.6 cm³/mol. The van der Waals surface area contributed by atoms with E-state index >= 15 is 0 Å². The van der Waals surface area contributed by atoms with Gasteiger partial charge in [0.1, 0.15) is 6.10 Å². The van der Waals surface area contributed by atoms with Gasteiger partial charge in [-0.15, -0.1) is 0 Å². The van der Waals surface area contributed by atoms with Crippen LogP contribution in [0.2, 0.25) is 0 Å². The number of hydrogen-bond acceptors (Lipinski definition) is 3. The van der Waals surface area contributed by atoms with E-state index in [1.54, 1.807) is 0 Å². The molecule has 1 heterocycles. The second kappa shape index (κ2) is 8.32. The molecule has 0 aromatic carbocycles. The highest BCUT2D eigenvalue weighted by Gasteiger charge is 2.24. The molecule has 0 amide bonds. The molecule has 1 aromatic heterocycles. The van der Waals surface area contributed by atoms with Gasteiger partial charge in [0.15, 0.2) is 0 Å². The van der Waals surface area contributed by atoms with E-state index in [2.05, 4.69) is 30.7 Å². The third kappa shape index (κ3) is 5.22. The predicted octanol–water partition coefficient (Wildman–Crippen LogP) is 4.60. The van der Waals surface area contributed by atoms with Gasteiger partial charge in [-0.1, -0.05) is 13.8 Å². The minimum absolute atomic E-state index is 0.317. The van der Waals surface area contributed by atoms with Crippen LogP contribution in [-0.4, -0.2) is 35.9 Å². The van der Waals surface area contributed by atoms with E-state index in [1.807, 2.05) is 37.3 Å². The first kappa shape index (κ1) is 17.8. The monoisotopic (exact) mass is 317 g/mol. The molecule has 4 heteroatoms. The molecular weight excluding hydrogens is 286 g/mol. The van der Waals surface area contributed by atoms with Crippen molar-refractivity contribution >= 4 is 12.0 Å². The largest absolute Gasteiger partial charge is 0.474 e. The fraction of sp³-hybridized carbons (Fsp3) is 0.684. The summed E-state index contributed by atoms with van der Waals surface area (Å²) in [5.74, 6) is 2.38. The molecule has 1 aliphatic carbocycles. The molecule has 0 unspecified atom stereocenters. The molecular formula is C19H31N3O. The van der Waals surface area contributed by atoms with Gasteiger partial charge in [0.25, 0.3) is 0 Å². The van der Waals surface area contributed by atoms with E-state index in [-0.39, 0.29) is 0 Å². The Bertz CT molecular complexity index is 519. The Hall–Kier alpha value is -1.58. The molecule has 0 bridgehead atoms. The van der Waals surface area contributed by atoms with Crippen LogP contribution in [0.25, 0.3) is 0 Å². The zero-order valence-electron chi connectivity index (χ0n) is 15.2. The van der Waals surface area contributed by atoms with Gasteiger partial charge in [0, 0.05) is 19.7 Å². The first-order chi connectivity index (χ1) is 11.0. The molecule has 23 heavy (non-hydrogen) atoms. The van der Waals surface area contributed by atoms with Gasteiger partial charge in [-0.2, -0.15) is 0 Å². The van der Waals surface area contributed by atoms with Crippen molar-refractivity contribution in [2.75, 3.05) is 13.6 Å². The number of pyridine rings is 1. The topological polar surface area (TPSA) is 37.7 Å². The van der Waals surface area contributed by atoms with Crippen molar-refractivity contribution in [2.24, 2.45) is 16.8 Å². The lowest BCUT2D eigenvalue weighted by atomic mass is 9.80. The van der Waals surface area contributed by atoms with E-state index in [0.29, 0.717) is 6.10 Å². The van der Waals surface area contributed by atoms with Crippen LogP contribution in [-0.2, 0) is 0 Å². The summed E-state index contributed by atoms with van der Waals surface area (Å²) in [4.78, 5) is 11.1. The van der Waals surface area contributed by atoms with Gasteiger partial charge >= 0.3 is 0 Å². The lowest BCUT2D eigenvalue weighted by Crippen LogP contribution is -2.26. The maximum atomic E-state index is 6.09. The Labute approximate surface area is 141 Å². The maximum Gasteiger partial charge on any atom is 0.213 e. The van der Waals surface area contributed by atoms with Crippen LogP contribution in [0.4, 0.5) is 5.69 Å². The van der Waals surface area contributed by atoms with E-state index in [1.165, 1.54) is 12.8 Å². The standard InChI is InChI=1S/C19H31N3O/c1-6-22(5)13-20-18-11-12-19(21-15(18)4)23-17-9-7-16(8-10-17)14(2)3/h11-14,16-17H,6-10H2,1-5H3/b20-13+/t16-,17+. The summed E-state index contributed by atoms with van der Waals surface area (Å²) in [5.41, 5.74) is 1.82. The zero-order valence-corrected chi connectivity index (χ0v) is 15.2. The van der Waals surface area contributed by atoms with Crippen molar-refractivity contribution in [3.63, 3.8) is 0 Å². The fourth-order valence-corrected chi connectivity index (χ4v) is 3.02. The maximum absolute atomic E-state index is 6.09. The highest BCUT2D eigenvalue weighted by Crippen LogP contribution is 2.32. The normalized spacial score (nSPS) is 21.8. The molecule has 0 atom stereocenters. The summed E-state index contributed by atoms with van der Waals surface area (Å²) < 4.78 is 6.09. The summed E-state index contributed by atoms with van der Waals surface area (Å²) in [7, 11) is 2.01. The second-order valence-electron chi connectivity index (χ2n) is 6.97. The van der Waals surface area contributed by atoms with Crippen molar-refractivity contribution in [1.29, 1.82) is 0 Å². The lowest BCUT2D eigenvalue weighted by Gasteiger charge is -2.30. The number of rotatable bonds is 6. The number of aryl methyl sites for hydroxylation is 1. The van der Waals surface area contributed by atoms with E-state index < -0.39 is 0 Å². The highest BCUT2D eigenvalue weighted by atomic mass is 16.5. The van der Waals surface area contributed by atoms with Crippen molar-refractivity contribution in [1.82, 2.24) is 9.88 Å². The van der Waals surface area contributed by atoms with Crippen LogP contribution >= 0.6 is 0 Å². The quantitative estimate of drug-likeness (QED) is 0.568. The average Bonchev–Trinajstić information content (AvgIpc) is 2.54. The van der Waals surface area contributed by atoms with Gasteiger partial charge in [0.05, 0.1) is 17.7 Å². The number of nitrogens with zero attached hydrogens (tertiary/aromatic N) is 3. The minimum atomic E-state index is 0.317. The third-order valence-corrected chi connectivity index (χ3v) is 4.87. The number of aliphatic imine (C=N–C) groups is 1. The summed E-state index contributed by atoms with van der Waals surface area (Å²) in [6.45, 7) is 9.68. The first-order valence-corrected chi connectivity index (χ1v) is 8.88. The van der Waals surface area contributed by atoms with Crippen LogP contribution in [0.15, 0.2) is 17.1 Å². The number of ether oxygens (including phenoxy) is 1. The van der Waals surface area contributed by atoms with Crippen molar-refractivity contribution in [3.05, 3.63) is 17.8 Å². The smallest absolute Gasteiger partial charge is 0.213 e. The molecule has 1 aromatic rings. The zero-order chi connectivity index (χ0) is 16.8. The van der Waals surface area contributed by atoms with Crippen molar-refractivity contribution < 1.29 is 4.74 Å². The highest BCUT2D eigenvalue weighted by molar-refractivity contribution is 5.62. The van der Waals surface area contributed by atoms with Crippen LogP contribution in [0.1, 0.15) is 52.1 Å². The number of hydrogen-bond donors (Lipinski definition) is 0. The summed E-state index contributed by atoms with van der Waals surface area (Å²) in [5, 5.41) is 0. The molecule has 128 valence electrons. The van der Waals surface area contributed by atoms with Gasteiger partial charge in [-0.25, -0.2) is 9.98 Å². The van der Waals surface area contributed by atoms with Crippen LogP contribution in [0, 0.1) is 18.8 Å². The van der Waals surface area contributed by atoms with Gasteiger partial charge in [-0.05, 0) is 57.4 Å². The molecule has 0 N–H and O–H groups in total. The van der Waals surface area contributed by atoms with E-state index in [4.69, 9.17) is 4.74 Å². The molecule has 0 aliphatic heterocycles. The molecule has 2 rings (SSSR count). The van der Waals surface area contributed by atoms with Gasteiger partial charge in [-0.3, -0.25) is 0 Å². The van der Waals surface area contributed by atoms with Gasteiger partial charge in [0.2, 0.25) is 5.88 Å². The minimum Gasteiger partial charge on any atom is -0.474 e. The molecule has 4 nitrogen and oxygen atoms in total. The van der Waals surface area contributed by atoms with Crippen LogP contribution in [0.5, 0.6) is 5.88 Å². The number of aromatic nitrogens is 1. The second-order valence-corrected chi connectivity index (χ2v) is 6.97. The third-order valence-electron chi connectivity index (χ3n) is 4.87. The molecule has 0 radical (unpaired) electrons. The molecule has 0 spiro atoms. The Balaban J connectivity index is 1.92. The summed E-state index contributed by atoms with van der Waals surface area (Å²) in [6, 6.07) is 3.94. The Kier molecular flexibility index (Phi) is 6.43. The Morgan fingerprint density at radius 2 is 2.00 bits per heavy atom. The molecule has 1 aliphatic rings. The molecule has 1 saturated carbocycles. The van der Waals surface area contributed by atoms with Crippen molar-refractivity contribution in [2.45, 2.75) is 59.5 Å². The SMILES string of the molecule is CCN(C)/C=N/c1ccc(O[C@H]2CC[C@@H](C(C)C)CC2)nc1C. The summed E-state index contributed by atoms with van der Waals surface area (Å²) >= 11 is 0. The average molecular weight is 317 g/mol. The van der Waals surface area contributed by atoms with Gasteiger partial charge < -0.3 is 9.64 Å².